The van der Waals surface area contributed by atoms with Gasteiger partial charge < -0.3 is 10.6 Å². The van der Waals surface area contributed by atoms with Crippen LogP contribution in [0.5, 0.6) is 0 Å². The normalized spacial score (nSPS) is 23.3. The van der Waals surface area contributed by atoms with Gasteiger partial charge in [0.2, 0.25) is 0 Å². The van der Waals surface area contributed by atoms with Crippen LogP contribution < -0.4 is 10.6 Å². The summed E-state index contributed by atoms with van der Waals surface area (Å²) in [6, 6.07) is 2.08. The molecular weight excluding hydrogens is 403 g/mol. The third-order valence-corrected chi connectivity index (χ3v) is 5.38. The highest BCUT2D eigenvalue weighted by molar-refractivity contribution is 9.12. The molecule has 1 aliphatic rings. The van der Waals surface area contributed by atoms with Crippen molar-refractivity contribution < 1.29 is 4.79 Å². The van der Waals surface area contributed by atoms with Crippen LogP contribution in [0.1, 0.15) is 23.7 Å². The van der Waals surface area contributed by atoms with Gasteiger partial charge in [-0.2, -0.15) is 0 Å². The molecule has 1 aliphatic heterocycles. The van der Waals surface area contributed by atoms with E-state index in [0.717, 1.165) is 27.1 Å². The van der Waals surface area contributed by atoms with Gasteiger partial charge in [0.15, 0.2) is 0 Å². The van der Waals surface area contributed by atoms with E-state index in [1.165, 1.54) is 11.3 Å². The van der Waals surface area contributed by atoms with Gasteiger partial charge >= 0.3 is 0 Å². The van der Waals surface area contributed by atoms with Crippen molar-refractivity contribution in [3.05, 3.63) is 19.2 Å². The summed E-state index contributed by atoms with van der Waals surface area (Å²) in [6.07, 6.45) is 1.11. The lowest BCUT2D eigenvalue weighted by atomic mass is 9.94. The summed E-state index contributed by atoms with van der Waals surface area (Å²) in [5, 5.41) is 6.40. The third-order valence-electron chi connectivity index (χ3n) is 3.05. The van der Waals surface area contributed by atoms with E-state index in [1.807, 2.05) is 6.07 Å². The van der Waals surface area contributed by atoms with E-state index in [0.29, 0.717) is 11.5 Å². The van der Waals surface area contributed by atoms with E-state index in [9.17, 15) is 4.79 Å². The molecule has 1 fully saturated rings. The fourth-order valence-electron chi connectivity index (χ4n) is 1.92. The Kier molecular flexibility index (Phi) is 6.61. The van der Waals surface area contributed by atoms with Gasteiger partial charge in [-0.3, -0.25) is 4.79 Å². The maximum absolute atomic E-state index is 12.1. The van der Waals surface area contributed by atoms with Crippen molar-refractivity contribution in [2.45, 2.75) is 19.4 Å². The molecule has 2 heterocycles. The number of rotatable bonds is 2. The Morgan fingerprint density at radius 2 is 2.28 bits per heavy atom. The van der Waals surface area contributed by atoms with Crippen molar-refractivity contribution >= 4 is 61.5 Å². The Morgan fingerprint density at radius 1 is 1.56 bits per heavy atom. The lowest BCUT2D eigenvalue weighted by Crippen LogP contribution is -2.50. The first kappa shape index (κ1) is 16.4. The standard InChI is InChI=1S/C11H14Br2N2OS.ClH/c1-6-2-3-14-5-8(6)15-11(16)7-4-9(12)17-10(7)13;/h4,6,8,14H,2-3,5H2,1H3,(H,15,16);1H. The van der Waals surface area contributed by atoms with Crippen LogP contribution in [-0.2, 0) is 0 Å². The molecule has 0 bridgehead atoms. The highest BCUT2D eigenvalue weighted by Gasteiger charge is 2.24. The summed E-state index contributed by atoms with van der Waals surface area (Å²) >= 11 is 8.31. The smallest absolute Gasteiger partial charge is 0.253 e. The maximum atomic E-state index is 12.1. The van der Waals surface area contributed by atoms with Gasteiger partial charge in [-0.1, -0.05) is 6.92 Å². The van der Waals surface area contributed by atoms with Gasteiger partial charge in [0, 0.05) is 12.6 Å². The highest BCUT2D eigenvalue weighted by Crippen LogP contribution is 2.31. The Labute approximate surface area is 134 Å². The second-order valence-corrected chi connectivity index (χ2v) is 8.04. The molecule has 1 aromatic rings. The van der Waals surface area contributed by atoms with Crippen molar-refractivity contribution in [1.29, 1.82) is 0 Å². The Hall–Kier alpha value is 0.380. The number of thiophene rings is 1. The second kappa shape index (κ2) is 7.24. The SMILES string of the molecule is CC1CCNCC1NC(=O)c1cc(Br)sc1Br.Cl. The molecule has 2 rings (SSSR count). The van der Waals surface area contributed by atoms with Crippen LogP contribution in [0.15, 0.2) is 13.6 Å². The van der Waals surface area contributed by atoms with Gasteiger partial charge in [-0.05, 0) is 56.8 Å². The molecule has 0 radical (unpaired) electrons. The predicted octanol–water partition coefficient (Wildman–Crippen LogP) is 3.42. The molecule has 1 aromatic heterocycles. The van der Waals surface area contributed by atoms with E-state index in [4.69, 9.17) is 0 Å². The molecule has 1 saturated heterocycles. The zero-order chi connectivity index (χ0) is 12.4. The minimum Gasteiger partial charge on any atom is -0.348 e. The fraction of sp³-hybridized carbons (Fsp3) is 0.545. The zero-order valence-electron chi connectivity index (χ0n) is 9.83. The molecule has 0 saturated carbocycles. The van der Waals surface area contributed by atoms with Crippen molar-refractivity contribution in [2.24, 2.45) is 5.92 Å². The first-order valence-corrected chi connectivity index (χ1v) is 7.94. The summed E-state index contributed by atoms with van der Waals surface area (Å²) in [5.74, 6) is 0.528. The molecule has 2 N–H and O–H groups in total. The second-order valence-electron chi connectivity index (χ2n) is 4.29. The monoisotopic (exact) mass is 416 g/mol. The van der Waals surface area contributed by atoms with Gasteiger partial charge in [0.1, 0.15) is 0 Å². The summed E-state index contributed by atoms with van der Waals surface area (Å²) in [6.45, 7) is 4.08. The number of amides is 1. The van der Waals surface area contributed by atoms with E-state index in [-0.39, 0.29) is 24.4 Å². The molecule has 2 atom stereocenters. The maximum Gasteiger partial charge on any atom is 0.253 e. The molecule has 18 heavy (non-hydrogen) atoms. The minimum absolute atomic E-state index is 0. The van der Waals surface area contributed by atoms with Gasteiger partial charge in [-0.25, -0.2) is 0 Å². The number of nitrogens with one attached hydrogen (secondary N) is 2. The Balaban J connectivity index is 0.00000162. The molecule has 3 nitrogen and oxygen atoms in total. The number of halogens is 3. The van der Waals surface area contributed by atoms with Gasteiger partial charge in [0.25, 0.3) is 5.91 Å². The first-order valence-electron chi connectivity index (χ1n) is 5.54. The van der Waals surface area contributed by atoms with Gasteiger partial charge in [0.05, 0.1) is 13.1 Å². The highest BCUT2D eigenvalue weighted by atomic mass is 79.9. The molecule has 0 aromatic carbocycles. The van der Waals surface area contributed by atoms with Crippen LogP contribution >= 0.6 is 55.6 Å². The zero-order valence-corrected chi connectivity index (χ0v) is 14.6. The molecule has 0 aliphatic carbocycles. The molecule has 2 unspecified atom stereocenters. The lowest BCUT2D eigenvalue weighted by Gasteiger charge is -2.30. The molecule has 0 spiro atoms. The van der Waals surface area contributed by atoms with Crippen LogP contribution in [0.25, 0.3) is 0 Å². The molecular formula is C11H15Br2ClN2OS. The Bertz CT molecular complexity index is 427. The lowest BCUT2D eigenvalue weighted by molar-refractivity contribution is 0.0915. The minimum atomic E-state index is -0.000579. The summed E-state index contributed by atoms with van der Waals surface area (Å²) < 4.78 is 1.84. The van der Waals surface area contributed by atoms with E-state index < -0.39 is 0 Å². The number of piperidine rings is 1. The summed E-state index contributed by atoms with van der Waals surface area (Å²) in [7, 11) is 0. The molecule has 7 heteroatoms. The number of hydrogen-bond donors (Lipinski definition) is 2. The average Bonchev–Trinajstić information content (AvgIpc) is 2.61. The number of carbonyl (C=O) groups excluding carboxylic acids is 1. The van der Waals surface area contributed by atoms with Crippen molar-refractivity contribution in [1.82, 2.24) is 10.6 Å². The van der Waals surface area contributed by atoms with Crippen molar-refractivity contribution in [2.75, 3.05) is 13.1 Å². The topological polar surface area (TPSA) is 41.1 Å². The third kappa shape index (κ3) is 3.93. The summed E-state index contributed by atoms with van der Waals surface area (Å²) in [5.41, 5.74) is 0.708. The van der Waals surface area contributed by atoms with Crippen LogP contribution in [-0.4, -0.2) is 25.0 Å². The number of carbonyl (C=O) groups is 1. The largest absolute Gasteiger partial charge is 0.348 e. The quantitative estimate of drug-likeness (QED) is 0.773. The van der Waals surface area contributed by atoms with Gasteiger partial charge in [-0.15, -0.1) is 23.7 Å². The molecule has 102 valence electrons. The molecule has 1 amide bonds. The van der Waals surface area contributed by atoms with Crippen molar-refractivity contribution in [3.63, 3.8) is 0 Å². The van der Waals surface area contributed by atoms with Crippen molar-refractivity contribution in [3.8, 4) is 0 Å². The van der Waals surface area contributed by atoms with E-state index in [2.05, 4.69) is 49.4 Å². The van der Waals surface area contributed by atoms with Crippen LogP contribution in [0.2, 0.25) is 0 Å². The Morgan fingerprint density at radius 3 is 2.83 bits per heavy atom. The fourth-order valence-corrected chi connectivity index (χ4v) is 4.72. The van der Waals surface area contributed by atoms with Crippen LogP contribution in [0.4, 0.5) is 0 Å². The first-order chi connectivity index (χ1) is 8.08. The van der Waals surface area contributed by atoms with E-state index in [1.54, 1.807) is 0 Å². The van der Waals surface area contributed by atoms with Crippen LogP contribution in [0, 0.1) is 5.92 Å². The van der Waals surface area contributed by atoms with Crippen LogP contribution in [0.3, 0.4) is 0 Å². The average molecular weight is 419 g/mol. The number of hydrogen-bond acceptors (Lipinski definition) is 3. The van der Waals surface area contributed by atoms with E-state index >= 15 is 0 Å². The summed E-state index contributed by atoms with van der Waals surface area (Å²) in [4.78, 5) is 12.1. The predicted molar refractivity (Wildman–Crippen MR) is 84.9 cm³/mol.